The zero-order valence-electron chi connectivity index (χ0n) is 26.6. The van der Waals surface area contributed by atoms with Crippen molar-refractivity contribution in [2.45, 2.75) is 59.4 Å². The number of aryl methyl sites for hydroxylation is 1. The van der Waals surface area contributed by atoms with Crippen LogP contribution in [0.25, 0.3) is 0 Å². The van der Waals surface area contributed by atoms with Crippen molar-refractivity contribution in [1.82, 2.24) is 10.2 Å². The van der Waals surface area contributed by atoms with Gasteiger partial charge in [0.25, 0.3) is 5.91 Å². The highest BCUT2D eigenvalue weighted by molar-refractivity contribution is 6.00. The molecule has 1 atom stereocenters. The van der Waals surface area contributed by atoms with Crippen LogP contribution < -0.4 is 15.5 Å². The number of hydrogen-bond acceptors (Lipinski definition) is 5. The Hall–Kier alpha value is -4.66. The summed E-state index contributed by atoms with van der Waals surface area (Å²) in [4.78, 5) is 55.4. The summed E-state index contributed by atoms with van der Waals surface area (Å²) in [6.07, 6.45) is 1.14. The molecule has 9 heteroatoms. The van der Waals surface area contributed by atoms with Crippen molar-refractivity contribution >= 4 is 35.1 Å². The van der Waals surface area contributed by atoms with Crippen LogP contribution in [-0.4, -0.2) is 59.9 Å². The summed E-state index contributed by atoms with van der Waals surface area (Å²) in [7, 11) is 0. The third-order valence-corrected chi connectivity index (χ3v) is 7.77. The quantitative estimate of drug-likeness (QED) is 0.274. The number of nitrogens with zero attached hydrogens (tertiary/aromatic N) is 2. The van der Waals surface area contributed by atoms with Gasteiger partial charge in [0.05, 0.1) is 30.3 Å². The van der Waals surface area contributed by atoms with E-state index in [1.807, 2.05) is 72.5 Å². The number of aliphatic carboxylic acids is 1. The predicted octanol–water partition coefficient (Wildman–Crippen LogP) is 5.60. The Morgan fingerprint density at radius 1 is 0.889 bits per heavy atom. The Morgan fingerprint density at radius 3 is 2.27 bits per heavy atom. The molecule has 3 amide bonds. The molecule has 0 aliphatic carbocycles. The Morgan fingerprint density at radius 2 is 1.60 bits per heavy atom. The van der Waals surface area contributed by atoms with E-state index in [-0.39, 0.29) is 30.1 Å². The summed E-state index contributed by atoms with van der Waals surface area (Å²) in [5.74, 6) is -1.56. The van der Waals surface area contributed by atoms with E-state index in [9.17, 15) is 24.3 Å². The minimum Gasteiger partial charge on any atom is -0.481 e. The molecule has 3 aromatic rings. The second-order valence-electron chi connectivity index (χ2n) is 12.9. The van der Waals surface area contributed by atoms with E-state index < -0.39 is 17.9 Å². The third kappa shape index (κ3) is 9.93. The normalized spacial score (nSPS) is 14.3. The maximum absolute atomic E-state index is 13.5. The third-order valence-electron chi connectivity index (χ3n) is 7.77. The molecule has 0 radical (unpaired) electrons. The summed E-state index contributed by atoms with van der Waals surface area (Å²) < 4.78 is 0. The summed E-state index contributed by atoms with van der Waals surface area (Å²) in [5.41, 5.74) is 4.04. The minimum atomic E-state index is -1.03. The van der Waals surface area contributed by atoms with E-state index in [1.54, 1.807) is 12.1 Å². The predicted molar refractivity (Wildman–Crippen MR) is 176 cm³/mol. The fourth-order valence-electron chi connectivity index (χ4n) is 5.47. The Bertz CT molecular complexity index is 1500. The molecule has 1 unspecified atom stereocenters. The number of anilines is 2. The lowest BCUT2D eigenvalue weighted by Crippen LogP contribution is -2.37. The maximum atomic E-state index is 13.5. The Balaban J connectivity index is 1.59. The number of carboxylic acid groups (broad SMARTS) is 1. The first-order valence-corrected chi connectivity index (χ1v) is 15.5. The Labute approximate surface area is 265 Å². The van der Waals surface area contributed by atoms with E-state index in [0.717, 1.165) is 23.2 Å². The monoisotopic (exact) mass is 612 g/mol. The number of carbonyl (C=O) groups is 4. The van der Waals surface area contributed by atoms with Crippen LogP contribution in [-0.2, 0) is 20.8 Å². The van der Waals surface area contributed by atoms with Gasteiger partial charge in [-0.1, -0.05) is 80.9 Å². The topological polar surface area (TPSA) is 119 Å². The molecule has 3 aromatic carbocycles. The molecule has 238 valence electrons. The lowest BCUT2D eigenvalue weighted by molar-refractivity contribution is -0.137. The van der Waals surface area contributed by atoms with E-state index >= 15 is 0 Å². The standard InChI is InChI=1S/C36H44N4O5/c1-25-11-13-27(14-12-25)29(23-34(43)44)38-35(45)28-15-16-31(30(22-28)37-32(41)21-26-9-6-5-7-10-26)39-17-8-18-40(20-19-39)33(42)24-36(2,3)4/h5-7,9-16,22,29H,8,17-21,23-24H2,1-4H3,(H,37,41)(H,38,45)(H,43,44). The molecule has 1 aliphatic rings. The molecule has 1 fully saturated rings. The van der Waals surface area contributed by atoms with E-state index in [2.05, 4.69) is 36.3 Å². The van der Waals surface area contributed by atoms with Gasteiger partial charge in [0, 0.05) is 38.2 Å². The number of benzene rings is 3. The largest absolute Gasteiger partial charge is 0.481 e. The van der Waals surface area contributed by atoms with Crippen molar-refractivity contribution in [2.75, 3.05) is 36.4 Å². The molecular weight excluding hydrogens is 568 g/mol. The molecule has 1 heterocycles. The summed E-state index contributed by atoms with van der Waals surface area (Å²) in [5, 5.41) is 15.4. The van der Waals surface area contributed by atoms with E-state index in [1.165, 1.54) is 0 Å². The van der Waals surface area contributed by atoms with Crippen LogP contribution in [0.4, 0.5) is 11.4 Å². The van der Waals surface area contributed by atoms with Gasteiger partial charge in [-0.2, -0.15) is 0 Å². The highest BCUT2D eigenvalue weighted by Gasteiger charge is 2.26. The van der Waals surface area contributed by atoms with Gasteiger partial charge in [0.15, 0.2) is 0 Å². The number of carbonyl (C=O) groups excluding carboxylic acids is 3. The second-order valence-corrected chi connectivity index (χ2v) is 12.9. The molecule has 0 bridgehead atoms. The summed E-state index contributed by atoms with van der Waals surface area (Å²) >= 11 is 0. The van der Waals surface area contributed by atoms with Crippen LogP contribution in [0.1, 0.15) is 73.1 Å². The van der Waals surface area contributed by atoms with Gasteiger partial charge in [-0.15, -0.1) is 0 Å². The summed E-state index contributed by atoms with van der Waals surface area (Å²) in [6.45, 7) is 10.6. The van der Waals surface area contributed by atoms with Crippen LogP contribution in [0.15, 0.2) is 72.8 Å². The van der Waals surface area contributed by atoms with E-state index in [0.29, 0.717) is 49.4 Å². The SMILES string of the molecule is Cc1ccc(C(CC(=O)O)NC(=O)c2ccc(N3CCCN(C(=O)CC(C)(C)C)CC3)c(NC(=O)Cc3ccccc3)c2)cc1. The average Bonchev–Trinajstić information content (AvgIpc) is 3.23. The smallest absolute Gasteiger partial charge is 0.305 e. The van der Waals surface area contributed by atoms with Gasteiger partial charge >= 0.3 is 5.97 Å². The lowest BCUT2D eigenvalue weighted by atomic mass is 9.91. The minimum absolute atomic E-state index is 0.0986. The molecule has 0 saturated carbocycles. The van der Waals surface area contributed by atoms with Crippen LogP contribution >= 0.6 is 0 Å². The molecule has 4 rings (SSSR count). The van der Waals surface area contributed by atoms with Gasteiger partial charge in [0.2, 0.25) is 11.8 Å². The fraction of sp³-hybridized carbons (Fsp3) is 0.389. The van der Waals surface area contributed by atoms with Crippen LogP contribution in [0.5, 0.6) is 0 Å². The number of nitrogens with one attached hydrogen (secondary N) is 2. The second kappa shape index (κ2) is 14.9. The summed E-state index contributed by atoms with van der Waals surface area (Å²) in [6, 6.07) is 21.2. The first-order valence-electron chi connectivity index (χ1n) is 15.5. The molecule has 3 N–H and O–H groups in total. The number of carboxylic acids is 1. The molecule has 1 saturated heterocycles. The van der Waals surface area contributed by atoms with Crippen molar-refractivity contribution in [1.29, 1.82) is 0 Å². The molecule has 45 heavy (non-hydrogen) atoms. The van der Waals surface area contributed by atoms with Crippen molar-refractivity contribution in [3.63, 3.8) is 0 Å². The first kappa shape index (κ1) is 33.2. The fourth-order valence-corrected chi connectivity index (χ4v) is 5.47. The Kier molecular flexibility index (Phi) is 11.0. The van der Waals surface area contributed by atoms with Gasteiger partial charge in [-0.3, -0.25) is 19.2 Å². The number of hydrogen-bond donors (Lipinski definition) is 3. The first-order chi connectivity index (χ1) is 21.4. The van der Waals surface area contributed by atoms with Gasteiger partial charge in [-0.05, 0) is 48.1 Å². The zero-order valence-corrected chi connectivity index (χ0v) is 26.6. The highest BCUT2D eigenvalue weighted by atomic mass is 16.4. The van der Waals surface area contributed by atoms with Crippen LogP contribution in [0.2, 0.25) is 0 Å². The van der Waals surface area contributed by atoms with Crippen LogP contribution in [0.3, 0.4) is 0 Å². The van der Waals surface area contributed by atoms with Gasteiger partial charge in [-0.25, -0.2) is 0 Å². The molecular formula is C36H44N4O5. The van der Waals surface area contributed by atoms with Gasteiger partial charge in [0.1, 0.15) is 0 Å². The molecule has 9 nitrogen and oxygen atoms in total. The van der Waals surface area contributed by atoms with Crippen molar-refractivity contribution in [3.05, 3.63) is 95.1 Å². The van der Waals surface area contributed by atoms with Gasteiger partial charge < -0.3 is 25.5 Å². The lowest BCUT2D eigenvalue weighted by Gasteiger charge is -2.27. The zero-order chi connectivity index (χ0) is 32.6. The highest BCUT2D eigenvalue weighted by Crippen LogP contribution is 2.30. The van der Waals surface area contributed by atoms with Crippen LogP contribution in [0, 0.1) is 12.3 Å². The molecule has 0 aromatic heterocycles. The van der Waals surface area contributed by atoms with Crippen molar-refractivity contribution in [2.24, 2.45) is 5.41 Å². The van der Waals surface area contributed by atoms with E-state index in [4.69, 9.17) is 0 Å². The number of rotatable bonds is 10. The number of amides is 3. The maximum Gasteiger partial charge on any atom is 0.305 e. The van der Waals surface area contributed by atoms with Crippen molar-refractivity contribution in [3.8, 4) is 0 Å². The average molecular weight is 613 g/mol. The molecule has 1 aliphatic heterocycles. The molecule has 0 spiro atoms. The van der Waals surface area contributed by atoms with Crippen molar-refractivity contribution < 1.29 is 24.3 Å².